The van der Waals surface area contributed by atoms with Crippen molar-refractivity contribution in [3.8, 4) is 34.4 Å². The van der Waals surface area contributed by atoms with Crippen LogP contribution in [0, 0.1) is 22.7 Å². The second-order valence-electron chi connectivity index (χ2n) is 21.7. The highest BCUT2D eigenvalue weighted by Crippen LogP contribution is 2.49. The molecule has 2 unspecified atom stereocenters. The molecule has 1 amide bonds. The lowest BCUT2D eigenvalue weighted by atomic mass is 9.86. The molecule has 0 radical (unpaired) electrons. The number of hydrogen-bond donors (Lipinski definition) is 0. The van der Waals surface area contributed by atoms with Crippen molar-refractivity contribution in [1.82, 2.24) is 19.8 Å². The fraction of sp³-hybridized carbons (Fsp3) is 0.611. The third kappa shape index (κ3) is 9.83. The van der Waals surface area contributed by atoms with Crippen LogP contribution in [0.15, 0.2) is 42.5 Å². The van der Waals surface area contributed by atoms with Crippen LogP contribution in [0.2, 0.25) is 16.6 Å². The molecule has 356 valence electrons. The molecule has 66 heavy (non-hydrogen) atoms. The highest BCUT2D eigenvalue weighted by Gasteiger charge is 2.48. The Kier molecular flexibility index (Phi) is 14.1. The number of carbonyl (C=O) groups is 1. The zero-order valence-corrected chi connectivity index (χ0v) is 42.4. The molecule has 1 aliphatic carbocycles. The highest BCUT2D eigenvalue weighted by molar-refractivity contribution is 6.90. The van der Waals surface area contributed by atoms with E-state index in [-0.39, 0.29) is 47.8 Å². The van der Waals surface area contributed by atoms with Gasteiger partial charge in [-0.25, -0.2) is 9.18 Å². The molecule has 0 N–H and O–H groups in total. The number of carbonyl (C=O) groups excluding carboxylic acids is 1. The number of aromatic nitrogens is 2. The minimum atomic E-state index is -2.10. The Balaban J connectivity index is 1.23. The summed E-state index contributed by atoms with van der Waals surface area (Å²) in [6, 6.07) is 14.1. The molecule has 4 fully saturated rings. The predicted octanol–water partition coefficient (Wildman–Crippen LogP) is 12.1. The Bertz CT molecular complexity index is 2430. The molecular formula is C54H73FN4O6Si. The zero-order valence-electron chi connectivity index (χ0n) is 41.4. The average Bonchev–Trinajstić information content (AvgIpc) is 3.98. The van der Waals surface area contributed by atoms with Crippen LogP contribution in [0.25, 0.3) is 32.8 Å². The molecule has 4 heterocycles. The summed E-state index contributed by atoms with van der Waals surface area (Å²) in [7, 11) is 1.29. The number of fused-ring (bicyclic) bond motifs is 4. The molecular weight excluding hydrogens is 848 g/mol. The largest absolute Gasteiger partial charge is 0.468 e. The first-order valence-corrected chi connectivity index (χ1v) is 26.8. The number of halogens is 1. The molecule has 2 atom stereocenters. The maximum absolute atomic E-state index is 18.0. The van der Waals surface area contributed by atoms with Crippen molar-refractivity contribution in [1.29, 1.82) is 0 Å². The van der Waals surface area contributed by atoms with E-state index in [1.807, 2.05) is 62.1 Å². The van der Waals surface area contributed by atoms with Gasteiger partial charge in [0.05, 0.1) is 18.4 Å². The molecule has 2 bridgehead atoms. The van der Waals surface area contributed by atoms with E-state index in [1.54, 1.807) is 14.2 Å². The molecule has 1 saturated carbocycles. The van der Waals surface area contributed by atoms with Crippen molar-refractivity contribution in [3.05, 3.63) is 59.5 Å². The van der Waals surface area contributed by atoms with Crippen LogP contribution in [-0.4, -0.2) is 105 Å². The minimum absolute atomic E-state index is 0.00343. The van der Waals surface area contributed by atoms with Crippen molar-refractivity contribution in [2.24, 2.45) is 5.41 Å². The lowest BCUT2D eigenvalue weighted by molar-refractivity contribution is 0.00569. The SMILES string of the molecule is COCOc1cc(-c2ccc3c(C4CC5CCC(C4)N5C(=O)OC(C)(C)C)nc(OCC4(CN5CCC(OC)CC5)CC4)nc3c2F)c2c(C#C[Si](C(C)C)(C(C)C)C(C)C)cccc2c1. The summed E-state index contributed by atoms with van der Waals surface area (Å²) in [5.74, 6) is 3.80. The standard InChI is InChI=1S/C54H73FN4O6Si/c1-34(2)66(35(3)4,36(5)6)26-21-37-13-12-14-38-29-43(64-33-61-10)30-46(47(37)38)44-17-18-45-49(39-27-40-15-16-41(28-39)59(40)52(60)65-53(7,8)9)56-51(57-50(45)48(44)55)63-32-54(22-23-54)31-58-24-19-42(62-11)20-25-58/h12-14,17-18,29-30,34-36,39-42H,15-16,19-20,22-25,27-28,31-33H2,1-11H3. The van der Waals surface area contributed by atoms with Crippen molar-refractivity contribution in [2.45, 2.75) is 160 Å². The van der Waals surface area contributed by atoms with Gasteiger partial charge in [-0.05, 0) is 118 Å². The first-order valence-electron chi connectivity index (χ1n) is 24.6. The van der Waals surface area contributed by atoms with E-state index in [0.717, 1.165) is 80.2 Å². The van der Waals surface area contributed by atoms with Gasteiger partial charge in [0, 0.05) is 79.2 Å². The Morgan fingerprint density at radius 3 is 2.18 bits per heavy atom. The van der Waals surface area contributed by atoms with Crippen LogP contribution < -0.4 is 9.47 Å². The number of amides is 1. The van der Waals surface area contributed by atoms with Gasteiger partial charge in [0.2, 0.25) is 0 Å². The quantitative estimate of drug-likeness (QED) is 0.0696. The molecule has 4 aliphatic rings. The predicted molar refractivity (Wildman–Crippen MR) is 263 cm³/mol. The van der Waals surface area contributed by atoms with Crippen molar-refractivity contribution in [3.63, 3.8) is 0 Å². The van der Waals surface area contributed by atoms with Crippen LogP contribution in [0.5, 0.6) is 11.8 Å². The molecule has 8 rings (SSSR count). The number of piperidine rings is 2. The van der Waals surface area contributed by atoms with Crippen molar-refractivity contribution in [2.75, 3.05) is 47.3 Å². The average molecular weight is 921 g/mol. The zero-order chi connectivity index (χ0) is 47.1. The number of ether oxygens (including phenoxy) is 5. The van der Waals surface area contributed by atoms with E-state index in [4.69, 9.17) is 33.7 Å². The van der Waals surface area contributed by atoms with Gasteiger partial charge in [0.15, 0.2) is 12.6 Å². The second-order valence-corrected chi connectivity index (χ2v) is 27.3. The van der Waals surface area contributed by atoms with E-state index in [1.165, 1.54) is 0 Å². The number of nitrogens with zero attached hydrogens (tertiary/aromatic N) is 4. The summed E-state index contributed by atoms with van der Waals surface area (Å²) in [6.45, 7) is 23.1. The Labute approximate surface area is 393 Å². The monoisotopic (exact) mass is 921 g/mol. The number of rotatable bonds is 14. The summed E-state index contributed by atoms with van der Waals surface area (Å²) in [5, 5.41) is 2.43. The van der Waals surface area contributed by atoms with Crippen LogP contribution >= 0.6 is 0 Å². The van der Waals surface area contributed by atoms with E-state index in [2.05, 4.69) is 64.0 Å². The third-order valence-electron chi connectivity index (χ3n) is 15.3. The molecule has 3 aromatic carbocycles. The Morgan fingerprint density at radius 1 is 0.894 bits per heavy atom. The first-order chi connectivity index (χ1) is 31.5. The van der Waals surface area contributed by atoms with Crippen LogP contribution in [0.4, 0.5) is 9.18 Å². The van der Waals surface area contributed by atoms with Gasteiger partial charge < -0.3 is 33.5 Å². The molecule has 10 nitrogen and oxygen atoms in total. The van der Waals surface area contributed by atoms with E-state index in [0.29, 0.717) is 64.4 Å². The molecule has 1 aromatic heterocycles. The second kappa shape index (κ2) is 19.4. The summed E-state index contributed by atoms with van der Waals surface area (Å²) in [6.07, 6.45) is 7.44. The summed E-state index contributed by atoms with van der Waals surface area (Å²) < 4.78 is 47.6. The van der Waals surface area contributed by atoms with Crippen molar-refractivity contribution < 1.29 is 32.9 Å². The third-order valence-corrected chi connectivity index (χ3v) is 21.6. The van der Waals surface area contributed by atoms with Gasteiger partial charge in [-0.15, -0.1) is 5.54 Å². The molecule has 12 heteroatoms. The molecule has 0 spiro atoms. The fourth-order valence-corrected chi connectivity index (χ4v) is 17.0. The van der Waals surface area contributed by atoms with Gasteiger partial charge in [-0.3, -0.25) is 0 Å². The summed E-state index contributed by atoms with van der Waals surface area (Å²) in [5.41, 5.74) is 7.66. The molecule has 4 aromatic rings. The maximum atomic E-state index is 18.0. The van der Waals surface area contributed by atoms with Gasteiger partial charge in [-0.2, -0.15) is 9.97 Å². The number of hydrogen-bond acceptors (Lipinski definition) is 9. The maximum Gasteiger partial charge on any atom is 0.410 e. The fourth-order valence-electron chi connectivity index (χ4n) is 11.8. The lowest BCUT2D eigenvalue weighted by Gasteiger charge is -2.39. The van der Waals surface area contributed by atoms with Gasteiger partial charge in [0.1, 0.15) is 24.9 Å². The van der Waals surface area contributed by atoms with Gasteiger partial charge >= 0.3 is 12.1 Å². The Morgan fingerprint density at radius 2 is 1.58 bits per heavy atom. The van der Waals surface area contributed by atoms with E-state index >= 15 is 4.39 Å². The van der Waals surface area contributed by atoms with Crippen LogP contribution in [0.1, 0.15) is 131 Å². The Hall–Kier alpha value is -4.28. The summed E-state index contributed by atoms with van der Waals surface area (Å²) >= 11 is 0. The van der Waals surface area contributed by atoms with Gasteiger partial charge in [0.25, 0.3) is 0 Å². The van der Waals surface area contributed by atoms with E-state index < -0.39 is 19.5 Å². The highest BCUT2D eigenvalue weighted by atomic mass is 28.3. The number of methoxy groups -OCH3 is 2. The normalized spacial score (nSPS) is 21.2. The van der Waals surface area contributed by atoms with Crippen LogP contribution in [0.3, 0.4) is 0 Å². The van der Waals surface area contributed by atoms with Crippen molar-refractivity contribution >= 4 is 35.8 Å². The smallest absolute Gasteiger partial charge is 0.410 e. The number of likely N-dealkylation sites (tertiary alicyclic amines) is 1. The minimum Gasteiger partial charge on any atom is -0.468 e. The van der Waals surface area contributed by atoms with Crippen LogP contribution in [-0.2, 0) is 14.2 Å². The molecule has 3 aliphatic heterocycles. The lowest BCUT2D eigenvalue weighted by Crippen LogP contribution is -2.48. The molecule has 3 saturated heterocycles. The van der Waals surface area contributed by atoms with E-state index in [9.17, 15) is 4.79 Å². The summed E-state index contributed by atoms with van der Waals surface area (Å²) in [4.78, 5) is 28.1. The number of benzene rings is 3. The van der Waals surface area contributed by atoms with Gasteiger partial charge in [-0.1, -0.05) is 71.7 Å². The first kappa shape index (κ1) is 48.2. The topological polar surface area (TPSA) is 95.5 Å².